The quantitative estimate of drug-likeness (QED) is 0.515. The number of methoxy groups -OCH3 is 1. The van der Waals surface area contributed by atoms with Crippen molar-refractivity contribution in [3.05, 3.63) is 41.3 Å². The molecule has 1 heterocycles. The van der Waals surface area contributed by atoms with E-state index in [-0.39, 0.29) is 6.54 Å². The molecule has 0 amide bonds. The van der Waals surface area contributed by atoms with Crippen LogP contribution in [0.15, 0.2) is 35.7 Å². The Hall–Kier alpha value is -1.33. The molecule has 4 N–H and O–H groups in total. The van der Waals surface area contributed by atoms with Crippen molar-refractivity contribution in [2.75, 3.05) is 13.7 Å². The number of hydrogen-bond donors (Lipinski definition) is 4. The molecule has 0 aromatic heterocycles. The molecule has 1 fully saturated rings. The first-order chi connectivity index (χ1) is 11.3. The van der Waals surface area contributed by atoms with E-state index in [4.69, 9.17) is 9.47 Å². The normalized spacial score (nSPS) is 31.4. The van der Waals surface area contributed by atoms with E-state index in [2.05, 4.69) is 4.72 Å². The van der Waals surface area contributed by atoms with Gasteiger partial charge in [-0.15, -0.1) is 0 Å². The van der Waals surface area contributed by atoms with Gasteiger partial charge < -0.3 is 24.8 Å². The predicted molar refractivity (Wildman–Crippen MR) is 86.1 cm³/mol. The third-order valence-electron chi connectivity index (χ3n) is 3.63. The lowest BCUT2D eigenvalue weighted by molar-refractivity contribution is -0.287. The molecule has 0 saturated carbocycles. The number of benzene rings is 1. The Morgan fingerprint density at radius 1 is 1.17 bits per heavy atom. The molecule has 0 bridgehead atoms. The van der Waals surface area contributed by atoms with Crippen LogP contribution < -0.4 is 4.72 Å². The summed E-state index contributed by atoms with van der Waals surface area (Å²) in [5, 5.41) is 30.3. The molecule has 1 saturated heterocycles. The SMILES string of the molecule is COC1OC(CNS(=O)(=O)C=Cc2ccccc2)C(O)C(O)C1O. The van der Waals surface area contributed by atoms with Gasteiger partial charge in [-0.1, -0.05) is 30.3 Å². The largest absolute Gasteiger partial charge is 0.388 e. The molecule has 24 heavy (non-hydrogen) atoms. The summed E-state index contributed by atoms with van der Waals surface area (Å²) in [5.41, 5.74) is 0.717. The molecular weight excluding hydrogens is 338 g/mol. The minimum Gasteiger partial charge on any atom is -0.388 e. The van der Waals surface area contributed by atoms with Crippen molar-refractivity contribution in [1.29, 1.82) is 0 Å². The Bertz CT molecular complexity index is 647. The fraction of sp³-hybridized carbons (Fsp3) is 0.467. The van der Waals surface area contributed by atoms with Crippen LogP contribution in [0.25, 0.3) is 6.08 Å². The minimum atomic E-state index is -3.76. The summed E-state index contributed by atoms with van der Waals surface area (Å²) in [5.74, 6) is 0. The summed E-state index contributed by atoms with van der Waals surface area (Å²) in [6.07, 6.45) is -5.16. The van der Waals surface area contributed by atoms with E-state index in [1.54, 1.807) is 24.3 Å². The van der Waals surface area contributed by atoms with E-state index in [0.29, 0.717) is 0 Å². The van der Waals surface area contributed by atoms with Crippen LogP contribution in [-0.2, 0) is 19.5 Å². The van der Waals surface area contributed by atoms with E-state index in [1.807, 2.05) is 6.07 Å². The highest BCUT2D eigenvalue weighted by Gasteiger charge is 2.43. The summed E-state index contributed by atoms with van der Waals surface area (Å²) < 4.78 is 36.3. The number of rotatable bonds is 6. The van der Waals surface area contributed by atoms with Gasteiger partial charge in [-0.3, -0.25) is 0 Å². The molecule has 1 aliphatic heterocycles. The van der Waals surface area contributed by atoms with Crippen LogP contribution in [0.1, 0.15) is 5.56 Å². The Morgan fingerprint density at radius 3 is 2.46 bits per heavy atom. The maximum Gasteiger partial charge on any atom is 0.233 e. The predicted octanol–water partition coefficient (Wildman–Crippen LogP) is -0.969. The van der Waals surface area contributed by atoms with Crippen molar-refractivity contribution in [3.63, 3.8) is 0 Å². The second-order valence-corrected chi connectivity index (χ2v) is 7.01. The summed E-state index contributed by atoms with van der Waals surface area (Å²) in [4.78, 5) is 0. The Balaban J connectivity index is 1.97. The molecule has 2 rings (SSSR count). The third kappa shape index (κ3) is 4.84. The topological polar surface area (TPSA) is 125 Å². The molecule has 8 nitrogen and oxygen atoms in total. The number of ether oxygens (including phenoxy) is 2. The molecule has 5 unspecified atom stereocenters. The first kappa shape index (κ1) is 19.0. The molecule has 134 valence electrons. The average molecular weight is 359 g/mol. The summed E-state index contributed by atoms with van der Waals surface area (Å²) in [6.45, 7) is -0.285. The van der Waals surface area contributed by atoms with Crippen molar-refractivity contribution >= 4 is 16.1 Å². The standard InChI is InChI=1S/C15H21NO7S/c1-22-15-14(19)13(18)12(17)11(23-15)9-16-24(20,21)8-7-10-5-3-2-4-6-10/h2-8,11-19H,9H2,1H3. The smallest absolute Gasteiger partial charge is 0.233 e. The van der Waals surface area contributed by atoms with Crippen molar-refractivity contribution in [1.82, 2.24) is 4.72 Å². The molecule has 5 atom stereocenters. The van der Waals surface area contributed by atoms with Crippen molar-refractivity contribution in [3.8, 4) is 0 Å². The average Bonchev–Trinajstić information content (AvgIpc) is 2.58. The molecule has 1 aromatic rings. The fourth-order valence-electron chi connectivity index (χ4n) is 2.26. The molecule has 0 radical (unpaired) electrons. The zero-order valence-corrected chi connectivity index (χ0v) is 13.8. The van der Waals surface area contributed by atoms with E-state index in [9.17, 15) is 23.7 Å². The number of sulfonamides is 1. The summed E-state index contributed by atoms with van der Waals surface area (Å²) >= 11 is 0. The van der Waals surface area contributed by atoms with Gasteiger partial charge >= 0.3 is 0 Å². The highest BCUT2D eigenvalue weighted by atomic mass is 32.2. The van der Waals surface area contributed by atoms with Crippen LogP contribution in [0.4, 0.5) is 0 Å². The number of hydrogen-bond acceptors (Lipinski definition) is 7. The van der Waals surface area contributed by atoms with Crippen LogP contribution in [0.5, 0.6) is 0 Å². The second-order valence-electron chi connectivity index (χ2n) is 5.36. The van der Waals surface area contributed by atoms with E-state index < -0.39 is 40.7 Å². The maximum atomic E-state index is 12.0. The lowest BCUT2D eigenvalue weighted by Gasteiger charge is -2.39. The van der Waals surface area contributed by atoms with Crippen LogP contribution in [0.2, 0.25) is 0 Å². The number of nitrogens with one attached hydrogen (secondary N) is 1. The molecule has 1 aromatic carbocycles. The first-order valence-corrected chi connectivity index (χ1v) is 8.84. The van der Waals surface area contributed by atoms with Crippen molar-refractivity contribution < 1.29 is 33.2 Å². The van der Waals surface area contributed by atoms with Crippen LogP contribution >= 0.6 is 0 Å². The number of aliphatic hydroxyl groups excluding tert-OH is 3. The van der Waals surface area contributed by atoms with Gasteiger partial charge in [0.25, 0.3) is 0 Å². The van der Waals surface area contributed by atoms with Gasteiger partial charge in [0.05, 0.1) is 0 Å². The fourth-order valence-corrected chi connectivity index (χ4v) is 3.09. The van der Waals surface area contributed by atoms with Crippen molar-refractivity contribution in [2.45, 2.75) is 30.7 Å². The molecule has 0 spiro atoms. The second kappa shape index (κ2) is 8.17. The Labute approximate surface area is 140 Å². The lowest BCUT2D eigenvalue weighted by Crippen LogP contribution is -2.60. The van der Waals surface area contributed by atoms with Gasteiger partial charge in [0.2, 0.25) is 10.0 Å². The van der Waals surface area contributed by atoms with Crippen LogP contribution in [0, 0.1) is 0 Å². The zero-order chi connectivity index (χ0) is 17.7. The Kier molecular flexibility index (Phi) is 6.47. The van der Waals surface area contributed by atoms with Crippen molar-refractivity contribution in [2.24, 2.45) is 0 Å². The highest BCUT2D eigenvalue weighted by Crippen LogP contribution is 2.21. The van der Waals surface area contributed by atoms with Gasteiger partial charge in [0.1, 0.15) is 24.4 Å². The monoisotopic (exact) mass is 359 g/mol. The molecule has 0 aliphatic carbocycles. The maximum absolute atomic E-state index is 12.0. The molecule has 1 aliphatic rings. The third-order valence-corrected chi connectivity index (χ3v) is 4.69. The van der Waals surface area contributed by atoms with Gasteiger partial charge in [-0.25, -0.2) is 13.1 Å². The summed E-state index contributed by atoms with van der Waals surface area (Å²) in [6, 6.07) is 8.88. The van der Waals surface area contributed by atoms with Gasteiger partial charge in [0, 0.05) is 19.1 Å². The molecular formula is C15H21NO7S. The Morgan fingerprint density at radius 2 is 1.83 bits per heavy atom. The molecule has 9 heteroatoms. The number of aliphatic hydroxyl groups is 3. The van der Waals surface area contributed by atoms with Crippen LogP contribution in [0.3, 0.4) is 0 Å². The highest BCUT2D eigenvalue weighted by molar-refractivity contribution is 7.92. The summed E-state index contributed by atoms with van der Waals surface area (Å²) in [7, 11) is -2.50. The van der Waals surface area contributed by atoms with Crippen LogP contribution in [-0.4, -0.2) is 68.1 Å². The minimum absolute atomic E-state index is 0.285. The lowest BCUT2D eigenvalue weighted by atomic mass is 9.99. The zero-order valence-electron chi connectivity index (χ0n) is 13.0. The van der Waals surface area contributed by atoms with E-state index in [0.717, 1.165) is 11.0 Å². The van der Waals surface area contributed by atoms with Gasteiger partial charge in [-0.2, -0.15) is 0 Å². The van der Waals surface area contributed by atoms with E-state index >= 15 is 0 Å². The van der Waals surface area contributed by atoms with Gasteiger partial charge in [-0.05, 0) is 11.6 Å². The first-order valence-electron chi connectivity index (χ1n) is 7.29. The van der Waals surface area contributed by atoms with E-state index in [1.165, 1.54) is 13.2 Å². The van der Waals surface area contributed by atoms with Gasteiger partial charge in [0.15, 0.2) is 6.29 Å².